The maximum atomic E-state index is 12.8. The standard InChI is InChI=1S/C18H19BrN2O4S/c1-13-6-7-14(19)12-17(13)26(23,24)20-16-5-3-2-4-15(16)18(22)21-8-10-25-11-9-21/h2-7,12,20H,8-11H2,1H3. The third-order valence-corrected chi connectivity index (χ3v) is 6.14. The number of rotatable bonds is 4. The summed E-state index contributed by atoms with van der Waals surface area (Å²) >= 11 is 3.30. The molecule has 8 heteroatoms. The van der Waals surface area contributed by atoms with Crippen LogP contribution < -0.4 is 4.72 Å². The minimum absolute atomic E-state index is 0.167. The van der Waals surface area contributed by atoms with Crippen molar-refractivity contribution in [1.29, 1.82) is 0 Å². The van der Waals surface area contributed by atoms with Crippen LogP contribution >= 0.6 is 15.9 Å². The van der Waals surface area contributed by atoms with E-state index in [4.69, 9.17) is 4.74 Å². The molecule has 0 unspecified atom stereocenters. The molecule has 1 aliphatic heterocycles. The molecule has 1 heterocycles. The van der Waals surface area contributed by atoms with Crippen LogP contribution in [-0.2, 0) is 14.8 Å². The van der Waals surface area contributed by atoms with Crippen molar-refractivity contribution in [3.05, 3.63) is 58.1 Å². The summed E-state index contributed by atoms with van der Waals surface area (Å²) in [5.41, 5.74) is 1.21. The van der Waals surface area contributed by atoms with Crippen LogP contribution in [0.25, 0.3) is 0 Å². The lowest BCUT2D eigenvalue weighted by atomic mass is 10.1. The molecule has 1 saturated heterocycles. The number of benzene rings is 2. The van der Waals surface area contributed by atoms with Gasteiger partial charge in [0.25, 0.3) is 15.9 Å². The van der Waals surface area contributed by atoms with Crippen molar-refractivity contribution in [3.63, 3.8) is 0 Å². The van der Waals surface area contributed by atoms with Gasteiger partial charge < -0.3 is 9.64 Å². The second-order valence-corrected chi connectivity index (χ2v) is 8.53. The molecular weight excluding hydrogens is 420 g/mol. The molecule has 26 heavy (non-hydrogen) atoms. The Labute approximate surface area is 161 Å². The van der Waals surface area contributed by atoms with E-state index in [9.17, 15) is 13.2 Å². The smallest absolute Gasteiger partial charge is 0.262 e. The molecule has 0 radical (unpaired) electrons. The highest BCUT2D eigenvalue weighted by atomic mass is 79.9. The lowest BCUT2D eigenvalue weighted by Gasteiger charge is -2.27. The van der Waals surface area contributed by atoms with Crippen LogP contribution in [0.4, 0.5) is 5.69 Å². The minimum Gasteiger partial charge on any atom is -0.378 e. The Morgan fingerprint density at radius 1 is 1.15 bits per heavy atom. The molecule has 1 amide bonds. The van der Waals surface area contributed by atoms with E-state index in [-0.39, 0.29) is 16.5 Å². The number of para-hydroxylation sites is 1. The largest absolute Gasteiger partial charge is 0.378 e. The minimum atomic E-state index is -3.83. The van der Waals surface area contributed by atoms with Gasteiger partial charge in [0.15, 0.2) is 0 Å². The second-order valence-electron chi connectivity index (χ2n) is 5.97. The van der Waals surface area contributed by atoms with Gasteiger partial charge in [0.1, 0.15) is 0 Å². The molecular formula is C18H19BrN2O4S. The lowest BCUT2D eigenvalue weighted by molar-refractivity contribution is 0.0303. The fourth-order valence-electron chi connectivity index (χ4n) is 2.76. The van der Waals surface area contributed by atoms with Gasteiger partial charge in [-0.1, -0.05) is 34.1 Å². The van der Waals surface area contributed by atoms with E-state index in [1.54, 1.807) is 54.3 Å². The van der Waals surface area contributed by atoms with Crippen LogP contribution in [0.15, 0.2) is 51.8 Å². The summed E-state index contributed by atoms with van der Waals surface area (Å²) in [5.74, 6) is -0.211. The zero-order chi connectivity index (χ0) is 18.7. The predicted octanol–water partition coefficient (Wildman–Crippen LogP) is 3.03. The summed E-state index contributed by atoms with van der Waals surface area (Å²) < 4.78 is 34.2. The first-order valence-corrected chi connectivity index (χ1v) is 10.4. The number of morpholine rings is 1. The summed E-state index contributed by atoms with van der Waals surface area (Å²) in [5, 5.41) is 0. The molecule has 0 bridgehead atoms. The first-order valence-electron chi connectivity index (χ1n) is 8.13. The predicted molar refractivity (Wildman–Crippen MR) is 103 cm³/mol. The van der Waals surface area contributed by atoms with Crippen LogP contribution in [0.3, 0.4) is 0 Å². The maximum absolute atomic E-state index is 12.8. The molecule has 3 rings (SSSR count). The average molecular weight is 439 g/mol. The van der Waals surface area contributed by atoms with Crippen molar-refractivity contribution >= 4 is 37.5 Å². The van der Waals surface area contributed by atoms with Crippen molar-refractivity contribution < 1.29 is 17.9 Å². The van der Waals surface area contributed by atoms with Gasteiger partial charge in [-0.3, -0.25) is 9.52 Å². The van der Waals surface area contributed by atoms with Crippen molar-refractivity contribution in [1.82, 2.24) is 4.90 Å². The number of sulfonamides is 1. The van der Waals surface area contributed by atoms with Gasteiger partial charge in [0, 0.05) is 17.6 Å². The van der Waals surface area contributed by atoms with Gasteiger partial charge in [-0.25, -0.2) is 8.42 Å². The second kappa shape index (κ2) is 7.77. The molecule has 0 aliphatic carbocycles. The number of nitrogens with zero attached hydrogens (tertiary/aromatic N) is 1. The van der Waals surface area contributed by atoms with E-state index in [1.165, 1.54) is 0 Å². The Morgan fingerprint density at radius 3 is 2.58 bits per heavy atom. The highest BCUT2D eigenvalue weighted by Gasteiger charge is 2.24. The normalized spacial score (nSPS) is 14.9. The highest BCUT2D eigenvalue weighted by molar-refractivity contribution is 9.10. The molecule has 0 atom stereocenters. The number of nitrogens with one attached hydrogen (secondary N) is 1. The number of amides is 1. The fraction of sp³-hybridized carbons (Fsp3) is 0.278. The number of anilines is 1. The Morgan fingerprint density at radius 2 is 1.85 bits per heavy atom. The van der Waals surface area contributed by atoms with Crippen molar-refractivity contribution in [2.45, 2.75) is 11.8 Å². The molecule has 1 aliphatic rings. The molecule has 2 aromatic carbocycles. The van der Waals surface area contributed by atoms with Gasteiger partial charge in [-0.15, -0.1) is 0 Å². The molecule has 2 aromatic rings. The number of carbonyl (C=O) groups is 1. The molecule has 0 spiro atoms. The van der Waals surface area contributed by atoms with Crippen LogP contribution in [0.2, 0.25) is 0 Å². The van der Waals surface area contributed by atoms with Gasteiger partial charge in [-0.05, 0) is 36.8 Å². The van der Waals surface area contributed by atoms with Crippen LogP contribution in [0, 0.1) is 6.92 Å². The summed E-state index contributed by atoms with van der Waals surface area (Å²) in [6.45, 7) is 3.68. The lowest BCUT2D eigenvalue weighted by Crippen LogP contribution is -2.41. The molecule has 1 N–H and O–H groups in total. The van der Waals surface area contributed by atoms with Crippen molar-refractivity contribution in [2.75, 3.05) is 31.0 Å². The van der Waals surface area contributed by atoms with Gasteiger partial charge in [-0.2, -0.15) is 0 Å². The zero-order valence-electron chi connectivity index (χ0n) is 14.2. The monoisotopic (exact) mass is 438 g/mol. The number of ether oxygens (including phenoxy) is 1. The molecule has 138 valence electrons. The molecule has 6 nitrogen and oxygen atoms in total. The number of aryl methyl sites for hydroxylation is 1. The third-order valence-electron chi connectivity index (χ3n) is 4.14. The number of carbonyl (C=O) groups excluding carboxylic acids is 1. The Bertz CT molecular complexity index is 925. The highest BCUT2D eigenvalue weighted by Crippen LogP contribution is 2.25. The number of hydrogen-bond donors (Lipinski definition) is 1. The van der Waals surface area contributed by atoms with Crippen molar-refractivity contribution in [2.24, 2.45) is 0 Å². The Kier molecular flexibility index (Phi) is 5.64. The van der Waals surface area contributed by atoms with Crippen molar-refractivity contribution in [3.8, 4) is 0 Å². The number of hydrogen-bond acceptors (Lipinski definition) is 4. The molecule has 0 aromatic heterocycles. The van der Waals surface area contributed by atoms with E-state index in [1.807, 2.05) is 0 Å². The summed E-state index contributed by atoms with van der Waals surface area (Å²) in [6, 6.07) is 11.7. The summed E-state index contributed by atoms with van der Waals surface area (Å²) in [6.07, 6.45) is 0. The first kappa shape index (κ1) is 18.9. The van der Waals surface area contributed by atoms with Gasteiger partial charge in [0.2, 0.25) is 0 Å². The average Bonchev–Trinajstić information content (AvgIpc) is 2.64. The Balaban J connectivity index is 1.93. The third kappa shape index (κ3) is 4.08. The number of halogens is 1. The van der Waals surface area contributed by atoms with Gasteiger partial charge >= 0.3 is 0 Å². The van der Waals surface area contributed by atoms with E-state index in [0.717, 1.165) is 0 Å². The SMILES string of the molecule is Cc1ccc(Br)cc1S(=O)(=O)Nc1ccccc1C(=O)N1CCOCC1. The Hall–Kier alpha value is -1.90. The molecule has 0 saturated carbocycles. The van der Waals surface area contributed by atoms with E-state index >= 15 is 0 Å². The van der Waals surface area contributed by atoms with E-state index in [2.05, 4.69) is 20.7 Å². The van der Waals surface area contributed by atoms with E-state index < -0.39 is 10.0 Å². The topological polar surface area (TPSA) is 75.7 Å². The summed E-state index contributed by atoms with van der Waals surface area (Å²) in [4.78, 5) is 14.6. The van der Waals surface area contributed by atoms with Crippen LogP contribution in [0.1, 0.15) is 15.9 Å². The van der Waals surface area contributed by atoms with Crippen LogP contribution in [-0.4, -0.2) is 45.5 Å². The summed E-state index contributed by atoms with van der Waals surface area (Å²) in [7, 11) is -3.83. The van der Waals surface area contributed by atoms with Crippen LogP contribution in [0.5, 0.6) is 0 Å². The zero-order valence-corrected chi connectivity index (χ0v) is 16.6. The fourth-order valence-corrected chi connectivity index (χ4v) is 4.62. The van der Waals surface area contributed by atoms with Gasteiger partial charge in [0.05, 0.1) is 29.4 Å². The first-order chi connectivity index (χ1) is 12.4. The van der Waals surface area contributed by atoms with E-state index in [0.29, 0.717) is 41.9 Å². The molecule has 1 fully saturated rings. The maximum Gasteiger partial charge on any atom is 0.262 e. The quantitative estimate of drug-likeness (QED) is 0.795.